The normalized spacial score (nSPS) is 15.6. The maximum atomic E-state index is 11.8. The highest BCUT2D eigenvalue weighted by molar-refractivity contribution is 14.0. The van der Waals surface area contributed by atoms with Crippen molar-refractivity contribution in [2.75, 3.05) is 46.4 Å². The lowest BCUT2D eigenvalue weighted by atomic mass is 10.0. The predicted octanol–water partition coefficient (Wildman–Crippen LogP) is 0.982. The van der Waals surface area contributed by atoms with Crippen molar-refractivity contribution in [2.45, 2.75) is 32.4 Å². The molecule has 1 amide bonds. The Hall–Kier alpha value is -1.46. The summed E-state index contributed by atoms with van der Waals surface area (Å²) in [7, 11) is 1.61. The Kier molecular flexibility index (Phi) is 12.8. The molecule has 158 valence electrons. The van der Waals surface area contributed by atoms with Gasteiger partial charge in [0.05, 0.1) is 12.3 Å². The SMILES string of the molecule is CCNC(=NCC(=O)NCCOC)NC1CCN(Cc2ccccn2)CC1.I. The van der Waals surface area contributed by atoms with Gasteiger partial charge in [-0.2, -0.15) is 0 Å². The molecule has 28 heavy (non-hydrogen) atoms. The summed E-state index contributed by atoms with van der Waals surface area (Å²) in [6, 6.07) is 6.40. The van der Waals surface area contributed by atoms with E-state index in [1.165, 1.54) is 0 Å². The monoisotopic (exact) mass is 504 g/mol. The van der Waals surface area contributed by atoms with E-state index in [0.717, 1.165) is 44.7 Å². The maximum absolute atomic E-state index is 11.8. The predicted molar refractivity (Wildman–Crippen MR) is 122 cm³/mol. The average Bonchev–Trinajstić information content (AvgIpc) is 2.69. The number of piperidine rings is 1. The Bertz CT molecular complexity index is 579. The zero-order valence-electron chi connectivity index (χ0n) is 16.8. The highest BCUT2D eigenvalue weighted by atomic mass is 127. The van der Waals surface area contributed by atoms with Crippen LogP contribution in [0.2, 0.25) is 0 Å². The van der Waals surface area contributed by atoms with Gasteiger partial charge >= 0.3 is 0 Å². The minimum Gasteiger partial charge on any atom is -0.383 e. The molecule has 1 saturated heterocycles. The number of guanidine groups is 1. The van der Waals surface area contributed by atoms with Crippen LogP contribution in [0.4, 0.5) is 0 Å². The Labute approximate surface area is 184 Å². The fourth-order valence-electron chi connectivity index (χ4n) is 2.97. The summed E-state index contributed by atoms with van der Waals surface area (Å²) in [5, 5.41) is 9.44. The molecule has 9 heteroatoms. The first-order chi connectivity index (χ1) is 13.2. The van der Waals surface area contributed by atoms with Gasteiger partial charge in [-0.1, -0.05) is 6.07 Å². The van der Waals surface area contributed by atoms with Gasteiger partial charge in [0.15, 0.2) is 5.96 Å². The third-order valence-corrected chi connectivity index (χ3v) is 4.39. The third kappa shape index (κ3) is 9.65. The second-order valence-corrected chi connectivity index (χ2v) is 6.55. The van der Waals surface area contributed by atoms with Crippen LogP contribution in [0.25, 0.3) is 0 Å². The Balaban J connectivity index is 0.00000392. The zero-order chi connectivity index (χ0) is 19.3. The summed E-state index contributed by atoms with van der Waals surface area (Å²) in [5.41, 5.74) is 1.11. The number of pyridine rings is 1. The quantitative estimate of drug-likeness (QED) is 0.201. The lowest BCUT2D eigenvalue weighted by Crippen LogP contribution is -2.48. The first-order valence-electron chi connectivity index (χ1n) is 9.64. The molecule has 0 saturated carbocycles. The second kappa shape index (κ2) is 14.5. The summed E-state index contributed by atoms with van der Waals surface area (Å²) in [6.07, 6.45) is 3.92. The van der Waals surface area contributed by atoms with Gasteiger partial charge in [-0.15, -0.1) is 24.0 Å². The van der Waals surface area contributed by atoms with Gasteiger partial charge in [0, 0.05) is 52.1 Å². The summed E-state index contributed by atoms with van der Waals surface area (Å²) in [5.74, 6) is 0.594. The molecule has 0 unspecified atom stereocenters. The van der Waals surface area contributed by atoms with Crippen LogP contribution in [-0.2, 0) is 16.1 Å². The number of hydrogen-bond donors (Lipinski definition) is 3. The Morgan fingerprint density at radius 2 is 2.11 bits per heavy atom. The van der Waals surface area contributed by atoms with E-state index in [1.54, 1.807) is 7.11 Å². The molecule has 0 aliphatic carbocycles. The molecular weight excluding hydrogens is 471 g/mol. The molecule has 1 aliphatic rings. The molecule has 1 aromatic heterocycles. The summed E-state index contributed by atoms with van der Waals surface area (Å²) in [6.45, 7) is 6.83. The van der Waals surface area contributed by atoms with Gasteiger partial charge in [-0.25, -0.2) is 4.99 Å². The summed E-state index contributed by atoms with van der Waals surface area (Å²) >= 11 is 0. The molecule has 2 heterocycles. The molecule has 8 nitrogen and oxygen atoms in total. The number of nitrogens with zero attached hydrogens (tertiary/aromatic N) is 3. The van der Waals surface area contributed by atoms with Crippen LogP contribution in [-0.4, -0.2) is 74.2 Å². The molecule has 1 aromatic rings. The van der Waals surface area contributed by atoms with Crippen LogP contribution in [0.3, 0.4) is 0 Å². The van der Waals surface area contributed by atoms with Crippen LogP contribution in [0.15, 0.2) is 29.4 Å². The van der Waals surface area contributed by atoms with E-state index < -0.39 is 0 Å². The number of hydrogen-bond acceptors (Lipinski definition) is 5. The lowest BCUT2D eigenvalue weighted by Gasteiger charge is -2.32. The van der Waals surface area contributed by atoms with Crippen molar-refractivity contribution in [1.29, 1.82) is 0 Å². The topological polar surface area (TPSA) is 90.9 Å². The second-order valence-electron chi connectivity index (χ2n) is 6.55. The number of methoxy groups -OCH3 is 1. The fourth-order valence-corrected chi connectivity index (χ4v) is 2.97. The number of likely N-dealkylation sites (tertiary alicyclic amines) is 1. The van der Waals surface area contributed by atoms with E-state index in [2.05, 4.69) is 36.9 Å². The summed E-state index contributed by atoms with van der Waals surface area (Å²) in [4.78, 5) is 23.0. The van der Waals surface area contributed by atoms with Crippen LogP contribution in [0.5, 0.6) is 0 Å². The van der Waals surface area contributed by atoms with Crippen molar-refractivity contribution in [3.63, 3.8) is 0 Å². The first-order valence-corrected chi connectivity index (χ1v) is 9.64. The Morgan fingerprint density at radius 3 is 2.75 bits per heavy atom. The van der Waals surface area contributed by atoms with Gasteiger partial charge in [0.25, 0.3) is 0 Å². The highest BCUT2D eigenvalue weighted by Gasteiger charge is 2.20. The average molecular weight is 504 g/mol. The third-order valence-electron chi connectivity index (χ3n) is 4.39. The number of amides is 1. The number of rotatable bonds is 9. The van der Waals surface area contributed by atoms with E-state index in [0.29, 0.717) is 25.2 Å². The molecule has 0 aromatic carbocycles. The number of halogens is 1. The van der Waals surface area contributed by atoms with Crippen molar-refractivity contribution >= 4 is 35.8 Å². The van der Waals surface area contributed by atoms with E-state index in [9.17, 15) is 4.79 Å². The molecule has 0 atom stereocenters. The van der Waals surface area contributed by atoms with E-state index in [1.807, 2.05) is 25.3 Å². The molecule has 0 bridgehead atoms. The first kappa shape index (κ1) is 24.6. The van der Waals surface area contributed by atoms with E-state index in [4.69, 9.17) is 4.74 Å². The van der Waals surface area contributed by atoms with Gasteiger partial charge in [0.1, 0.15) is 6.54 Å². The highest BCUT2D eigenvalue weighted by Crippen LogP contribution is 2.12. The van der Waals surface area contributed by atoms with Crippen LogP contribution >= 0.6 is 24.0 Å². The molecule has 0 radical (unpaired) electrons. The van der Waals surface area contributed by atoms with Gasteiger partial charge in [0.2, 0.25) is 5.91 Å². The van der Waals surface area contributed by atoms with Gasteiger partial charge in [-0.05, 0) is 31.9 Å². The van der Waals surface area contributed by atoms with Gasteiger partial charge in [-0.3, -0.25) is 14.7 Å². The number of aromatic nitrogens is 1. The summed E-state index contributed by atoms with van der Waals surface area (Å²) < 4.78 is 4.92. The number of ether oxygens (including phenoxy) is 1. The van der Waals surface area contributed by atoms with Crippen LogP contribution in [0.1, 0.15) is 25.5 Å². The van der Waals surface area contributed by atoms with E-state index >= 15 is 0 Å². The van der Waals surface area contributed by atoms with Crippen molar-refractivity contribution in [3.8, 4) is 0 Å². The zero-order valence-corrected chi connectivity index (χ0v) is 19.1. The lowest BCUT2D eigenvalue weighted by molar-refractivity contribution is -0.119. The minimum absolute atomic E-state index is 0. The molecular formula is C19H33IN6O2. The number of aliphatic imine (C=N–C) groups is 1. The van der Waals surface area contributed by atoms with E-state index in [-0.39, 0.29) is 36.4 Å². The van der Waals surface area contributed by atoms with Crippen LogP contribution < -0.4 is 16.0 Å². The van der Waals surface area contributed by atoms with Crippen molar-refractivity contribution in [3.05, 3.63) is 30.1 Å². The van der Waals surface area contributed by atoms with Crippen molar-refractivity contribution in [2.24, 2.45) is 4.99 Å². The Morgan fingerprint density at radius 1 is 1.32 bits per heavy atom. The number of carbonyl (C=O) groups excluding carboxylic acids is 1. The molecule has 2 rings (SSSR count). The molecule has 3 N–H and O–H groups in total. The molecule has 0 spiro atoms. The van der Waals surface area contributed by atoms with Crippen molar-refractivity contribution < 1.29 is 9.53 Å². The maximum Gasteiger partial charge on any atom is 0.241 e. The minimum atomic E-state index is -0.102. The number of nitrogens with one attached hydrogen (secondary N) is 3. The van der Waals surface area contributed by atoms with Gasteiger partial charge < -0.3 is 20.7 Å². The van der Waals surface area contributed by atoms with Crippen LogP contribution in [0, 0.1) is 0 Å². The number of carbonyl (C=O) groups is 1. The molecule has 1 fully saturated rings. The fraction of sp³-hybridized carbons (Fsp3) is 0.632. The largest absolute Gasteiger partial charge is 0.383 e. The standard InChI is InChI=1S/C19H32N6O2.HI/c1-3-20-19(23-14-18(26)22-10-13-27-2)24-16-7-11-25(12-8-16)15-17-6-4-5-9-21-17;/h4-6,9,16H,3,7-8,10-15H2,1-2H3,(H,22,26)(H2,20,23,24);1H. The smallest absolute Gasteiger partial charge is 0.241 e. The molecule has 1 aliphatic heterocycles. The van der Waals surface area contributed by atoms with Crippen molar-refractivity contribution in [1.82, 2.24) is 25.8 Å².